The summed E-state index contributed by atoms with van der Waals surface area (Å²) >= 11 is 3.64. The van der Waals surface area contributed by atoms with Gasteiger partial charge in [0.05, 0.1) is 6.61 Å². The first-order chi connectivity index (χ1) is 7.79. The molecule has 2 rings (SSSR count). The lowest BCUT2D eigenvalue weighted by molar-refractivity contribution is 0.326. The van der Waals surface area contributed by atoms with Crippen LogP contribution in [-0.2, 0) is 0 Å². The van der Waals surface area contributed by atoms with E-state index in [1.165, 1.54) is 0 Å². The normalized spacial score (nSPS) is 17.5. The molecular formula is C11H16BrN3O. The third-order valence-electron chi connectivity index (χ3n) is 2.62. The summed E-state index contributed by atoms with van der Waals surface area (Å²) in [4.78, 5) is 11.5. The van der Waals surface area contributed by atoms with Crippen molar-refractivity contribution in [2.75, 3.05) is 24.6 Å². The first-order valence-corrected chi connectivity index (χ1v) is 6.56. The Bertz CT molecular complexity index is 340. The quantitative estimate of drug-likeness (QED) is 0.799. The molecule has 1 aliphatic heterocycles. The maximum atomic E-state index is 5.37. The highest BCUT2D eigenvalue weighted by molar-refractivity contribution is 9.09. The Kier molecular flexibility index (Phi) is 3.98. The van der Waals surface area contributed by atoms with E-state index in [4.69, 9.17) is 4.74 Å². The van der Waals surface area contributed by atoms with Gasteiger partial charge in [0.2, 0.25) is 11.8 Å². The average molecular weight is 286 g/mol. The third kappa shape index (κ3) is 2.84. The lowest BCUT2D eigenvalue weighted by atomic mass is 10.1. The number of alkyl halides is 1. The van der Waals surface area contributed by atoms with Crippen LogP contribution in [0, 0.1) is 0 Å². The third-order valence-corrected chi connectivity index (χ3v) is 3.53. The second-order valence-corrected chi connectivity index (χ2v) is 5.08. The summed E-state index contributed by atoms with van der Waals surface area (Å²) in [6.07, 6.45) is 4.04. The van der Waals surface area contributed by atoms with Crippen LogP contribution in [0.5, 0.6) is 5.88 Å². The number of aromatic nitrogens is 2. The predicted octanol–water partition coefficient (Wildman–Crippen LogP) is 2.24. The van der Waals surface area contributed by atoms with E-state index in [2.05, 4.69) is 30.8 Å². The van der Waals surface area contributed by atoms with Crippen molar-refractivity contribution in [3.63, 3.8) is 0 Å². The minimum Gasteiger partial charge on any atom is -0.478 e. The molecule has 0 bridgehead atoms. The van der Waals surface area contributed by atoms with Crippen LogP contribution >= 0.6 is 15.9 Å². The van der Waals surface area contributed by atoms with Gasteiger partial charge in [0.25, 0.3) is 0 Å². The van der Waals surface area contributed by atoms with Crippen molar-refractivity contribution in [1.82, 2.24) is 9.97 Å². The van der Waals surface area contributed by atoms with Crippen molar-refractivity contribution >= 4 is 21.9 Å². The fourth-order valence-corrected chi connectivity index (χ4v) is 2.17. The van der Waals surface area contributed by atoms with Gasteiger partial charge in [-0.05, 0) is 19.8 Å². The molecule has 88 valence electrons. The van der Waals surface area contributed by atoms with Gasteiger partial charge >= 0.3 is 0 Å². The van der Waals surface area contributed by atoms with Crippen LogP contribution in [0.1, 0.15) is 19.8 Å². The van der Waals surface area contributed by atoms with Crippen molar-refractivity contribution < 1.29 is 4.74 Å². The molecule has 0 saturated carbocycles. The topological polar surface area (TPSA) is 38.2 Å². The molecule has 0 aromatic carbocycles. The molecule has 1 aliphatic rings. The molecule has 0 amide bonds. The molecular weight excluding hydrogens is 270 g/mol. The fourth-order valence-electron chi connectivity index (χ4n) is 1.76. The van der Waals surface area contributed by atoms with Crippen LogP contribution in [0.4, 0.5) is 5.95 Å². The van der Waals surface area contributed by atoms with E-state index in [0.29, 0.717) is 17.3 Å². The van der Waals surface area contributed by atoms with Gasteiger partial charge in [0.15, 0.2) is 0 Å². The van der Waals surface area contributed by atoms with Crippen LogP contribution in [0.25, 0.3) is 0 Å². The number of hydrogen-bond acceptors (Lipinski definition) is 4. The average Bonchev–Trinajstić information content (AvgIpc) is 2.31. The van der Waals surface area contributed by atoms with Crippen molar-refractivity contribution in [3.05, 3.63) is 12.3 Å². The Morgan fingerprint density at radius 3 is 2.94 bits per heavy atom. The molecule has 4 nitrogen and oxygen atoms in total. The Morgan fingerprint density at radius 2 is 2.25 bits per heavy atom. The molecule has 2 heterocycles. The Hall–Kier alpha value is -0.840. The van der Waals surface area contributed by atoms with Gasteiger partial charge in [-0.2, -0.15) is 4.98 Å². The molecule has 0 unspecified atom stereocenters. The van der Waals surface area contributed by atoms with E-state index >= 15 is 0 Å². The van der Waals surface area contributed by atoms with Crippen molar-refractivity contribution in [2.24, 2.45) is 0 Å². The first-order valence-electron chi connectivity index (χ1n) is 5.64. The molecule has 0 radical (unpaired) electrons. The molecule has 0 atom stereocenters. The van der Waals surface area contributed by atoms with Gasteiger partial charge < -0.3 is 9.64 Å². The van der Waals surface area contributed by atoms with E-state index < -0.39 is 0 Å². The summed E-state index contributed by atoms with van der Waals surface area (Å²) < 4.78 is 5.37. The maximum absolute atomic E-state index is 5.37. The SMILES string of the molecule is CCOc1ccnc(N2CCC(Br)CC2)n1. The van der Waals surface area contributed by atoms with Crippen LogP contribution in [-0.4, -0.2) is 34.5 Å². The largest absolute Gasteiger partial charge is 0.478 e. The molecule has 1 fully saturated rings. The highest BCUT2D eigenvalue weighted by atomic mass is 79.9. The first kappa shape index (κ1) is 11.6. The number of halogens is 1. The Balaban J connectivity index is 2.05. The number of ether oxygens (including phenoxy) is 1. The number of nitrogens with zero attached hydrogens (tertiary/aromatic N) is 3. The number of hydrogen-bond donors (Lipinski definition) is 0. The molecule has 5 heteroatoms. The van der Waals surface area contributed by atoms with E-state index in [-0.39, 0.29) is 0 Å². The molecule has 1 saturated heterocycles. The summed E-state index contributed by atoms with van der Waals surface area (Å²) in [5.41, 5.74) is 0. The fraction of sp³-hybridized carbons (Fsp3) is 0.636. The zero-order valence-electron chi connectivity index (χ0n) is 9.40. The monoisotopic (exact) mass is 285 g/mol. The van der Waals surface area contributed by atoms with Crippen LogP contribution in [0.3, 0.4) is 0 Å². The van der Waals surface area contributed by atoms with Crippen molar-refractivity contribution in [3.8, 4) is 5.88 Å². The Morgan fingerprint density at radius 1 is 1.50 bits per heavy atom. The highest BCUT2D eigenvalue weighted by Crippen LogP contribution is 2.21. The van der Waals surface area contributed by atoms with E-state index in [9.17, 15) is 0 Å². The predicted molar refractivity (Wildman–Crippen MR) is 67.4 cm³/mol. The minimum atomic E-state index is 0.638. The molecule has 1 aromatic heterocycles. The summed E-state index contributed by atoms with van der Waals surface area (Å²) in [6.45, 7) is 4.61. The van der Waals surface area contributed by atoms with Crippen LogP contribution in [0.15, 0.2) is 12.3 Å². The standard InChI is InChI=1S/C11H16BrN3O/c1-2-16-10-3-6-13-11(14-10)15-7-4-9(12)5-8-15/h3,6,9H,2,4-5,7-8H2,1H3. The van der Waals surface area contributed by atoms with Crippen molar-refractivity contribution in [2.45, 2.75) is 24.6 Å². The summed E-state index contributed by atoms with van der Waals surface area (Å²) in [6, 6.07) is 1.80. The molecule has 0 N–H and O–H groups in total. The highest BCUT2D eigenvalue weighted by Gasteiger charge is 2.19. The molecule has 0 aliphatic carbocycles. The zero-order valence-corrected chi connectivity index (χ0v) is 11.0. The second kappa shape index (κ2) is 5.48. The van der Waals surface area contributed by atoms with Gasteiger partial charge in [-0.1, -0.05) is 15.9 Å². The van der Waals surface area contributed by atoms with Gasteiger partial charge in [-0.3, -0.25) is 0 Å². The van der Waals surface area contributed by atoms with Gasteiger partial charge in [-0.25, -0.2) is 4.98 Å². The summed E-state index contributed by atoms with van der Waals surface area (Å²) in [5, 5.41) is 0. The number of piperidine rings is 1. The lowest BCUT2D eigenvalue weighted by Crippen LogP contribution is -2.35. The lowest BCUT2D eigenvalue weighted by Gasteiger charge is -2.29. The van der Waals surface area contributed by atoms with Gasteiger partial charge in [0, 0.05) is 30.2 Å². The smallest absolute Gasteiger partial charge is 0.228 e. The number of rotatable bonds is 3. The maximum Gasteiger partial charge on any atom is 0.228 e. The minimum absolute atomic E-state index is 0.638. The molecule has 1 aromatic rings. The van der Waals surface area contributed by atoms with Crippen molar-refractivity contribution in [1.29, 1.82) is 0 Å². The second-order valence-electron chi connectivity index (χ2n) is 3.79. The molecule has 0 spiro atoms. The summed E-state index contributed by atoms with van der Waals surface area (Å²) in [7, 11) is 0. The van der Waals surface area contributed by atoms with Crippen LogP contribution < -0.4 is 9.64 Å². The van der Waals surface area contributed by atoms with E-state index in [0.717, 1.165) is 31.9 Å². The molecule has 16 heavy (non-hydrogen) atoms. The van der Waals surface area contributed by atoms with E-state index in [1.54, 1.807) is 12.3 Å². The number of anilines is 1. The zero-order chi connectivity index (χ0) is 11.4. The van der Waals surface area contributed by atoms with Crippen LogP contribution in [0.2, 0.25) is 0 Å². The Labute approximate surface area is 104 Å². The van der Waals surface area contributed by atoms with E-state index in [1.807, 2.05) is 6.92 Å². The summed E-state index contributed by atoms with van der Waals surface area (Å²) in [5.74, 6) is 1.44. The van der Waals surface area contributed by atoms with Gasteiger partial charge in [-0.15, -0.1) is 0 Å². The van der Waals surface area contributed by atoms with Gasteiger partial charge in [0.1, 0.15) is 0 Å².